The molecule has 1 saturated heterocycles. The second kappa shape index (κ2) is 14.7. The summed E-state index contributed by atoms with van der Waals surface area (Å²) in [5.74, 6) is 0. The van der Waals surface area contributed by atoms with Gasteiger partial charge in [-0.15, -0.1) is 0 Å². The van der Waals surface area contributed by atoms with Gasteiger partial charge in [0, 0.05) is 24.7 Å². The first-order chi connectivity index (χ1) is 13.5. The Hall–Kier alpha value is -0.240. The van der Waals surface area contributed by atoms with E-state index in [0.29, 0.717) is 31.3 Å². The molecule has 1 fully saturated rings. The zero-order chi connectivity index (χ0) is 20.9. The van der Waals surface area contributed by atoms with Crippen molar-refractivity contribution >= 4 is 8.53 Å². The largest absolute Gasteiger partial charge is 0.314 e. The Kier molecular flexibility index (Phi) is 13.5. The van der Waals surface area contributed by atoms with Gasteiger partial charge in [0.15, 0.2) is 0 Å². The summed E-state index contributed by atoms with van der Waals surface area (Å²) in [6.07, 6.45) is 10.2. The van der Waals surface area contributed by atoms with Crippen LogP contribution >= 0.6 is 8.53 Å². The molecule has 0 aromatic carbocycles. The van der Waals surface area contributed by atoms with Crippen LogP contribution in [0.1, 0.15) is 92.9 Å². The number of likely N-dealkylation sites (tertiary alicyclic amines) is 1. The number of unbranched alkanes of at least 4 members (excludes halogenated alkanes) is 4. The van der Waals surface area contributed by atoms with Gasteiger partial charge in [-0.05, 0) is 53.4 Å². The van der Waals surface area contributed by atoms with E-state index in [4.69, 9.17) is 15.6 Å². The molecule has 1 unspecified atom stereocenters. The third kappa shape index (κ3) is 8.64. The Labute approximate surface area is 175 Å². The molecule has 1 heterocycles. The first kappa shape index (κ1) is 25.8. The van der Waals surface area contributed by atoms with E-state index in [0.717, 1.165) is 13.0 Å². The van der Waals surface area contributed by atoms with E-state index in [1.54, 1.807) is 0 Å². The average molecular weight is 414 g/mol. The molecule has 0 N–H and O–H groups in total. The molecule has 1 rings (SSSR count). The number of nitrogens with zero attached hydrogens (tertiary/aromatic N) is 3. The molecule has 3 atom stereocenters. The van der Waals surface area contributed by atoms with Crippen molar-refractivity contribution in [3.8, 4) is 0 Å². The van der Waals surface area contributed by atoms with Crippen molar-refractivity contribution in [1.82, 2.24) is 9.57 Å². The average Bonchev–Trinajstić information content (AvgIpc) is 3.02. The fraction of sp³-hybridized carbons (Fsp3) is 0.955. The minimum absolute atomic E-state index is 0.148. The van der Waals surface area contributed by atoms with Gasteiger partial charge in [0.05, 0.1) is 0 Å². The summed E-state index contributed by atoms with van der Waals surface area (Å²) in [5.41, 5.74) is 0. The molecule has 28 heavy (non-hydrogen) atoms. The van der Waals surface area contributed by atoms with Gasteiger partial charge >= 0.3 is 0 Å². The monoisotopic (exact) mass is 413 g/mol. The molecule has 1 aliphatic rings. The van der Waals surface area contributed by atoms with Gasteiger partial charge in [0.25, 0.3) is 8.53 Å². The molecule has 0 amide bonds. The molecule has 164 valence electrons. The van der Waals surface area contributed by atoms with Crippen molar-refractivity contribution in [2.24, 2.45) is 0 Å². The van der Waals surface area contributed by atoms with Crippen LogP contribution in [0.15, 0.2) is 0 Å². The van der Waals surface area contributed by atoms with Gasteiger partial charge in [-0.1, -0.05) is 39.5 Å². The third-order valence-electron chi connectivity index (χ3n) is 5.44. The fourth-order valence-electron chi connectivity index (χ4n) is 4.07. The maximum absolute atomic E-state index is 7.04. The zero-order valence-corrected chi connectivity index (χ0v) is 20.1. The van der Waals surface area contributed by atoms with E-state index in [1.807, 2.05) is 0 Å². The van der Waals surface area contributed by atoms with Crippen molar-refractivity contribution in [3.63, 3.8) is 0 Å². The molecule has 0 bridgehead atoms. The molecule has 5 nitrogen and oxygen atoms in total. The molecule has 0 saturated carbocycles. The number of hydrogen-bond acceptors (Lipinski definition) is 4. The molecule has 6 heteroatoms. The van der Waals surface area contributed by atoms with E-state index in [2.05, 4.69) is 56.0 Å². The van der Waals surface area contributed by atoms with E-state index < -0.39 is 8.53 Å². The lowest BCUT2D eigenvalue weighted by Crippen LogP contribution is -2.40. The Morgan fingerprint density at radius 1 is 1.07 bits per heavy atom. The zero-order valence-electron chi connectivity index (χ0n) is 19.2. The first-order valence-corrected chi connectivity index (χ1v) is 12.6. The summed E-state index contributed by atoms with van der Waals surface area (Å²) in [4.78, 5) is 6.04. The Balaban J connectivity index is 2.77. The molecule has 1 aliphatic heterocycles. The van der Waals surface area contributed by atoms with Crippen LogP contribution in [0.4, 0.5) is 0 Å². The van der Waals surface area contributed by atoms with Gasteiger partial charge < -0.3 is 13.9 Å². The van der Waals surface area contributed by atoms with Gasteiger partial charge in [-0.25, -0.2) is 11.2 Å². The first-order valence-electron chi connectivity index (χ1n) is 11.4. The van der Waals surface area contributed by atoms with Crippen LogP contribution in [-0.2, 0) is 9.05 Å². The molecular formula is C22H44N3O2P. The van der Waals surface area contributed by atoms with Gasteiger partial charge in [0.1, 0.15) is 12.8 Å². The van der Waals surface area contributed by atoms with Crippen LogP contribution in [0.2, 0.25) is 0 Å². The standard InChI is InChI=1S/C22H44N3O2P/c1-8-10-11-12-13-17-24-21(9-2)14-15-22(24)27-28(26-18-16-23-7)25(19(3)4)20(5)6/h19-22H,8-18H2,1-6H3/t21-,22+,28?/m1/s1. The maximum atomic E-state index is 7.04. The minimum Gasteiger partial charge on any atom is -0.314 e. The third-order valence-corrected chi connectivity index (χ3v) is 7.57. The van der Waals surface area contributed by atoms with Crippen LogP contribution in [-0.4, -0.2) is 53.6 Å². The summed E-state index contributed by atoms with van der Waals surface area (Å²) in [5, 5.41) is 0. The number of rotatable bonds is 15. The lowest BCUT2D eigenvalue weighted by molar-refractivity contribution is 0.0201. The van der Waals surface area contributed by atoms with Crippen LogP contribution in [0.3, 0.4) is 0 Å². The van der Waals surface area contributed by atoms with Crippen LogP contribution in [0.5, 0.6) is 0 Å². The van der Waals surface area contributed by atoms with E-state index in [9.17, 15) is 0 Å². The highest BCUT2D eigenvalue weighted by atomic mass is 31.2. The van der Waals surface area contributed by atoms with Gasteiger partial charge in [-0.2, -0.15) is 0 Å². The van der Waals surface area contributed by atoms with E-state index in [-0.39, 0.29) is 6.23 Å². The van der Waals surface area contributed by atoms with Crippen LogP contribution in [0.25, 0.3) is 4.85 Å². The van der Waals surface area contributed by atoms with Crippen molar-refractivity contribution in [3.05, 3.63) is 11.4 Å². The van der Waals surface area contributed by atoms with Crippen molar-refractivity contribution in [2.45, 2.75) is 117 Å². The summed E-state index contributed by atoms with van der Waals surface area (Å²) < 4.78 is 15.1. The number of hydrogen-bond donors (Lipinski definition) is 0. The van der Waals surface area contributed by atoms with Crippen LogP contribution < -0.4 is 0 Å². The summed E-state index contributed by atoms with van der Waals surface area (Å²) >= 11 is 0. The normalized spacial score (nSPS) is 21.7. The molecular weight excluding hydrogens is 369 g/mol. The van der Waals surface area contributed by atoms with Crippen LogP contribution in [0, 0.1) is 6.57 Å². The van der Waals surface area contributed by atoms with Crippen molar-refractivity contribution in [1.29, 1.82) is 0 Å². The summed E-state index contributed by atoms with van der Waals surface area (Å²) in [6.45, 7) is 22.4. The maximum Gasteiger partial charge on any atom is 0.261 e. The van der Waals surface area contributed by atoms with Gasteiger partial charge in [-0.3, -0.25) is 4.90 Å². The fourth-order valence-corrected chi connectivity index (χ4v) is 5.80. The Morgan fingerprint density at radius 3 is 2.32 bits per heavy atom. The molecule has 0 aliphatic carbocycles. The SMILES string of the molecule is [C-]#[N+]CCOP(O[C@H]1CC[C@@H](CC)N1CCCCCCC)N(C(C)C)C(C)C. The van der Waals surface area contributed by atoms with Crippen molar-refractivity contribution < 1.29 is 9.05 Å². The summed E-state index contributed by atoms with van der Waals surface area (Å²) in [7, 11) is -1.15. The predicted molar refractivity (Wildman–Crippen MR) is 120 cm³/mol. The Bertz CT molecular complexity index is 434. The van der Waals surface area contributed by atoms with Gasteiger partial charge in [0.2, 0.25) is 6.54 Å². The Morgan fingerprint density at radius 2 is 1.75 bits per heavy atom. The molecule has 0 spiro atoms. The lowest BCUT2D eigenvalue weighted by Gasteiger charge is -2.38. The molecule has 0 aromatic rings. The quantitative estimate of drug-likeness (QED) is 0.175. The predicted octanol–water partition coefficient (Wildman–Crippen LogP) is 6.46. The smallest absolute Gasteiger partial charge is 0.261 e. The summed E-state index contributed by atoms with van der Waals surface area (Å²) in [6, 6.07) is 1.33. The molecule has 0 aromatic heterocycles. The second-order valence-electron chi connectivity index (χ2n) is 8.37. The van der Waals surface area contributed by atoms with Crippen molar-refractivity contribution in [2.75, 3.05) is 19.7 Å². The highest BCUT2D eigenvalue weighted by molar-refractivity contribution is 7.44. The topological polar surface area (TPSA) is 29.3 Å². The lowest BCUT2D eigenvalue weighted by atomic mass is 10.1. The van der Waals surface area contributed by atoms with E-state index in [1.165, 1.54) is 44.9 Å². The highest BCUT2D eigenvalue weighted by Crippen LogP contribution is 2.49. The second-order valence-corrected chi connectivity index (χ2v) is 9.78. The highest BCUT2D eigenvalue weighted by Gasteiger charge is 2.37. The minimum atomic E-state index is -1.15. The van der Waals surface area contributed by atoms with E-state index >= 15 is 0 Å². The molecule has 0 radical (unpaired) electrons.